The molecule has 0 unspecified atom stereocenters. The van der Waals surface area contributed by atoms with Crippen LogP contribution in [0.1, 0.15) is 15.4 Å². The van der Waals surface area contributed by atoms with Crippen LogP contribution in [-0.2, 0) is 14.3 Å². The fourth-order valence-electron chi connectivity index (χ4n) is 2.19. The van der Waals surface area contributed by atoms with Crippen molar-refractivity contribution < 1.29 is 28.6 Å². The number of methoxy groups -OCH3 is 1. The molecule has 2 amide bonds. The van der Waals surface area contributed by atoms with Gasteiger partial charge in [-0.15, -0.1) is 0 Å². The number of hydrogen-bond donors (Lipinski definition) is 2. The number of benzene rings is 1. The molecule has 2 aromatic rings. The molecule has 0 spiro atoms. The van der Waals surface area contributed by atoms with E-state index in [-0.39, 0.29) is 24.3 Å². The summed E-state index contributed by atoms with van der Waals surface area (Å²) >= 11 is 1.02. The molecule has 2 heterocycles. The Morgan fingerprint density at radius 3 is 3.00 bits per heavy atom. The van der Waals surface area contributed by atoms with Gasteiger partial charge in [0.05, 0.1) is 18.5 Å². The van der Waals surface area contributed by atoms with Gasteiger partial charge >= 0.3 is 5.97 Å². The molecular formula is C16H15N3O6S. The predicted octanol–water partition coefficient (Wildman–Crippen LogP) is 1.59. The lowest BCUT2D eigenvalue weighted by Gasteiger charge is -2.18. The number of carbonyl (C=O) groups is 3. The molecule has 0 radical (unpaired) electrons. The van der Waals surface area contributed by atoms with Gasteiger partial charge < -0.3 is 19.5 Å². The number of hydrogen-bond acceptors (Lipinski definition) is 8. The van der Waals surface area contributed by atoms with Crippen molar-refractivity contribution in [2.24, 2.45) is 0 Å². The number of carbonyl (C=O) groups excluding carboxylic acids is 3. The van der Waals surface area contributed by atoms with Crippen LogP contribution >= 0.6 is 11.3 Å². The molecule has 9 nitrogen and oxygen atoms in total. The van der Waals surface area contributed by atoms with Crippen molar-refractivity contribution in [2.75, 3.05) is 31.0 Å². The lowest BCUT2D eigenvalue weighted by molar-refractivity contribution is -0.119. The van der Waals surface area contributed by atoms with Crippen LogP contribution in [0.15, 0.2) is 18.2 Å². The summed E-state index contributed by atoms with van der Waals surface area (Å²) in [5, 5.41) is 5.50. The van der Waals surface area contributed by atoms with Gasteiger partial charge in [-0.05, 0) is 19.1 Å². The van der Waals surface area contributed by atoms with E-state index in [1.54, 1.807) is 25.1 Å². The van der Waals surface area contributed by atoms with Crippen molar-refractivity contribution in [1.29, 1.82) is 0 Å². The first kappa shape index (κ1) is 17.7. The topological polar surface area (TPSA) is 116 Å². The van der Waals surface area contributed by atoms with E-state index in [1.165, 1.54) is 7.11 Å². The summed E-state index contributed by atoms with van der Waals surface area (Å²) < 4.78 is 15.3. The third-order valence-electron chi connectivity index (χ3n) is 3.37. The van der Waals surface area contributed by atoms with Crippen LogP contribution in [0, 0.1) is 6.92 Å². The molecule has 0 saturated carbocycles. The summed E-state index contributed by atoms with van der Waals surface area (Å²) in [4.78, 5) is 39.3. The second-order valence-electron chi connectivity index (χ2n) is 5.26. The van der Waals surface area contributed by atoms with Gasteiger partial charge in [0.15, 0.2) is 18.3 Å². The monoisotopic (exact) mass is 377 g/mol. The van der Waals surface area contributed by atoms with Gasteiger partial charge in [0.1, 0.15) is 16.4 Å². The number of amides is 2. The average Bonchev–Trinajstić information content (AvgIpc) is 2.99. The molecule has 1 aliphatic heterocycles. The van der Waals surface area contributed by atoms with E-state index in [9.17, 15) is 14.4 Å². The maximum Gasteiger partial charge on any atom is 0.350 e. The van der Waals surface area contributed by atoms with Crippen LogP contribution in [0.4, 0.5) is 10.8 Å². The summed E-state index contributed by atoms with van der Waals surface area (Å²) in [7, 11) is 1.28. The summed E-state index contributed by atoms with van der Waals surface area (Å²) in [6.07, 6.45) is 0. The number of ether oxygens (including phenoxy) is 3. The Balaban J connectivity index is 1.59. The average molecular weight is 377 g/mol. The molecule has 10 heteroatoms. The van der Waals surface area contributed by atoms with Crippen LogP contribution in [0.3, 0.4) is 0 Å². The van der Waals surface area contributed by atoms with Gasteiger partial charge in [-0.25, -0.2) is 9.78 Å². The zero-order chi connectivity index (χ0) is 18.7. The molecule has 0 aliphatic carbocycles. The van der Waals surface area contributed by atoms with Crippen molar-refractivity contribution >= 4 is 39.9 Å². The van der Waals surface area contributed by atoms with Crippen LogP contribution in [-0.4, -0.2) is 43.1 Å². The molecule has 0 bridgehead atoms. The first-order valence-corrected chi connectivity index (χ1v) is 8.33. The highest BCUT2D eigenvalue weighted by molar-refractivity contribution is 7.17. The molecule has 0 fully saturated rings. The van der Waals surface area contributed by atoms with E-state index in [2.05, 4.69) is 20.4 Å². The van der Waals surface area contributed by atoms with Gasteiger partial charge in [0, 0.05) is 6.07 Å². The number of nitrogens with one attached hydrogen (secondary N) is 2. The maximum absolute atomic E-state index is 12.0. The first-order valence-electron chi connectivity index (χ1n) is 7.51. The van der Waals surface area contributed by atoms with Crippen LogP contribution < -0.4 is 20.1 Å². The third kappa shape index (κ3) is 3.91. The number of aromatic nitrogens is 1. The van der Waals surface area contributed by atoms with Crippen LogP contribution in [0.25, 0.3) is 0 Å². The van der Waals surface area contributed by atoms with E-state index < -0.39 is 11.9 Å². The summed E-state index contributed by atoms with van der Waals surface area (Å²) in [6.45, 7) is 1.36. The minimum atomic E-state index is -0.505. The summed E-state index contributed by atoms with van der Waals surface area (Å²) in [5.41, 5.74) is 0.959. The SMILES string of the molecule is COC(=O)c1sc(NC(=O)COc2ccc3c(c2)NC(=O)CO3)nc1C. The van der Waals surface area contributed by atoms with Crippen molar-refractivity contribution in [2.45, 2.75) is 6.92 Å². The molecule has 0 atom stereocenters. The maximum atomic E-state index is 12.0. The number of aryl methyl sites for hydroxylation is 1. The Bertz CT molecular complexity index is 879. The highest BCUT2D eigenvalue weighted by Gasteiger charge is 2.18. The standard InChI is InChI=1S/C16H15N3O6S/c1-8-14(15(22)23-2)26-16(17-8)19-13(21)6-24-9-3-4-11-10(5-9)18-12(20)7-25-11/h3-5H,6-7H2,1-2H3,(H,18,20)(H,17,19,21). The number of rotatable bonds is 5. The lowest BCUT2D eigenvalue weighted by atomic mass is 10.2. The molecule has 0 saturated heterocycles. The van der Waals surface area contributed by atoms with Gasteiger partial charge in [-0.2, -0.15) is 0 Å². The van der Waals surface area contributed by atoms with E-state index >= 15 is 0 Å². The fraction of sp³-hybridized carbons (Fsp3) is 0.250. The van der Waals surface area contributed by atoms with Crippen molar-refractivity contribution in [3.05, 3.63) is 28.8 Å². The third-order valence-corrected chi connectivity index (χ3v) is 4.42. The van der Waals surface area contributed by atoms with Gasteiger partial charge in [-0.1, -0.05) is 11.3 Å². The van der Waals surface area contributed by atoms with E-state index in [0.29, 0.717) is 27.8 Å². The number of nitrogens with zero attached hydrogens (tertiary/aromatic N) is 1. The summed E-state index contributed by atoms with van der Waals surface area (Å²) in [5.74, 6) is -0.263. The second kappa shape index (κ2) is 7.40. The Morgan fingerprint density at radius 1 is 1.42 bits per heavy atom. The number of thiazole rings is 1. The Labute approximate surface area is 152 Å². The first-order chi connectivity index (χ1) is 12.5. The van der Waals surface area contributed by atoms with Crippen LogP contribution in [0.5, 0.6) is 11.5 Å². The number of anilines is 2. The Hall–Kier alpha value is -3.14. The zero-order valence-corrected chi connectivity index (χ0v) is 14.8. The Kier molecular flexibility index (Phi) is 5.03. The van der Waals surface area contributed by atoms with Gasteiger partial charge in [0.2, 0.25) is 0 Å². The molecule has 1 aromatic heterocycles. The molecule has 3 rings (SSSR count). The number of fused-ring (bicyclic) bond motifs is 1. The highest BCUT2D eigenvalue weighted by atomic mass is 32.1. The fourth-order valence-corrected chi connectivity index (χ4v) is 3.09. The largest absolute Gasteiger partial charge is 0.484 e. The minimum Gasteiger partial charge on any atom is -0.484 e. The molecule has 1 aromatic carbocycles. The van der Waals surface area contributed by atoms with Crippen molar-refractivity contribution in [3.8, 4) is 11.5 Å². The predicted molar refractivity (Wildman–Crippen MR) is 92.9 cm³/mol. The highest BCUT2D eigenvalue weighted by Crippen LogP contribution is 2.31. The lowest BCUT2D eigenvalue weighted by Crippen LogP contribution is -2.25. The second-order valence-corrected chi connectivity index (χ2v) is 6.26. The van der Waals surface area contributed by atoms with Crippen molar-refractivity contribution in [3.63, 3.8) is 0 Å². The molecule has 26 heavy (non-hydrogen) atoms. The normalized spacial score (nSPS) is 12.5. The van der Waals surface area contributed by atoms with Gasteiger partial charge in [-0.3, -0.25) is 14.9 Å². The molecule has 2 N–H and O–H groups in total. The summed E-state index contributed by atoms with van der Waals surface area (Å²) in [6, 6.07) is 4.85. The number of esters is 1. The minimum absolute atomic E-state index is 0.0313. The van der Waals surface area contributed by atoms with Crippen LogP contribution in [0.2, 0.25) is 0 Å². The van der Waals surface area contributed by atoms with E-state index in [4.69, 9.17) is 9.47 Å². The Morgan fingerprint density at radius 2 is 2.23 bits per heavy atom. The zero-order valence-electron chi connectivity index (χ0n) is 14.0. The van der Waals surface area contributed by atoms with Crippen molar-refractivity contribution in [1.82, 2.24) is 4.98 Å². The molecular weight excluding hydrogens is 362 g/mol. The van der Waals surface area contributed by atoms with E-state index in [0.717, 1.165) is 11.3 Å². The molecule has 1 aliphatic rings. The van der Waals surface area contributed by atoms with Gasteiger partial charge in [0.25, 0.3) is 11.8 Å². The molecule has 136 valence electrons. The quantitative estimate of drug-likeness (QED) is 0.760. The smallest absolute Gasteiger partial charge is 0.350 e. The van der Waals surface area contributed by atoms with E-state index in [1.807, 2.05) is 0 Å².